The minimum atomic E-state index is 0.0758. The van der Waals surface area contributed by atoms with E-state index >= 15 is 0 Å². The van der Waals surface area contributed by atoms with Crippen LogP contribution < -0.4 is 0 Å². The second-order valence-corrected chi connectivity index (χ2v) is 6.02. The first kappa shape index (κ1) is 17.4. The Balaban J connectivity index is 2.23. The van der Waals surface area contributed by atoms with Gasteiger partial charge in [-0.2, -0.15) is 5.10 Å². The number of nitrogens with zero attached hydrogens (tertiary/aromatic N) is 3. The summed E-state index contributed by atoms with van der Waals surface area (Å²) in [5.41, 5.74) is 2.13. The largest absolute Gasteiger partial charge is 0.341 e. The summed E-state index contributed by atoms with van der Waals surface area (Å²) in [5.74, 6) is 0.779. The van der Waals surface area contributed by atoms with E-state index in [0.717, 1.165) is 24.9 Å². The van der Waals surface area contributed by atoms with E-state index in [-0.39, 0.29) is 12.5 Å². The number of hydrogen-bond acceptors (Lipinski definition) is 3. The molecule has 1 aromatic heterocycles. The molecule has 2 aromatic rings. The molecule has 23 heavy (non-hydrogen) atoms. The van der Waals surface area contributed by atoms with Crippen molar-refractivity contribution in [2.75, 3.05) is 13.1 Å². The summed E-state index contributed by atoms with van der Waals surface area (Å²) >= 11 is 5.30. The van der Waals surface area contributed by atoms with E-state index in [1.165, 1.54) is 5.56 Å². The average molecular weight is 332 g/mol. The van der Waals surface area contributed by atoms with Crippen molar-refractivity contribution in [3.63, 3.8) is 0 Å². The summed E-state index contributed by atoms with van der Waals surface area (Å²) in [7, 11) is 0. The zero-order chi connectivity index (χ0) is 16.8. The van der Waals surface area contributed by atoms with Gasteiger partial charge in [0.05, 0.1) is 0 Å². The lowest BCUT2D eigenvalue weighted by molar-refractivity contribution is -0.131. The van der Waals surface area contributed by atoms with Gasteiger partial charge in [0.25, 0.3) is 0 Å². The van der Waals surface area contributed by atoms with E-state index in [9.17, 15) is 4.79 Å². The number of unbranched alkanes of at least 4 members (excludes halogenated alkanes) is 1. The summed E-state index contributed by atoms with van der Waals surface area (Å²) in [6.45, 7) is 7.89. The Labute approximate surface area is 142 Å². The molecule has 0 saturated heterocycles. The Kier molecular flexibility index (Phi) is 6.10. The van der Waals surface area contributed by atoms with Gasteiger partial charge in [-0.25, -0.2) is 0 Å². The maximum Gasteiger partial charge on any atom is 0.242 e. The molecule has 1 heterocycles. The van der Waals surface area contributed by atoms with E-state index in [4.69, 9.17) is 12.2 Å². The molecular weight excluding hydrogens is 308 g/mol. The van der Waals surface area contributed by atoms with E-state index in [1.807, 2.05) is 43.0 Å². The number of rotatable bonds is 7. The Hall–Kier alpha value is -1.95. The van der Waals surface area contributed by atoms with Crippen LogP contribution in [0.3, 0.4) is 0 Å². The molecule has 0 aliphatic carbocycles. The number of benzene rings is 1. The van der Waals surface area contributed by atoms with Gasteiger partial charge < -0.3 is 4.90 Å². The third kappa shape index (κ3) is 4.28. The molecule has 0 bridgehead atoms. The van der Waals surface area contributed by atoms with Gasteiger partial charge in [-0.05, 0) is 32.5 Å². The molecule has 1 amide bonds. The SMILES string of the molecule is CCCCN(CC)C(=O)Cn1c(-c2ccc(C)cc2)n[nH]c1=S. The quantitative estimate of drug-likeness (QED) is 0.789. The highest BCUT2D eigenvalue weighted by atomic mass is 32.1. The van der Waals surface area contributed by atoms with Gasteiger partial charge in [-0.1, -0.05) is 43.2 Å². The molecule has 0 aliphatic heterocycles. The lowest BCUT2D eigenvalue weighted by Gasteiger charge is -2.21. The van der Waals surface area contributed by atoms with Gasteiger partial charge in [0.2, 0.25) is 5.91 Å². The Morgan fingerprint density at radius 1 is 1.30 bits per heavy atom. The minimum Gasteiger partial charge on any atom is -0.341 e. The fraction of sp³-hybridized carbons (Fsp3) is 0.471. The Bertz CT molecular complexity index is 702. The van der Waals surface area contributed by atoms with Crippen LogP contribution in [0.4, 0.5) is 0 Å². The average Bonchev–Trinajstić information content (AvgIpc) is 2.90. The maximum atomic E-state index is 12.6. The molecule has 0 aliphatic rings. The van der Waals surface area contributed by atoms with Gasteiger partial charge in [-0.3, -0.25) is 14.5 Å². The second-order valence-electron chi connectivity index (χ2n) is 5.63. The van der Waals surface area contributed by atoms with Crippen LogP contribution in [0.2, 0.25) is 0 Å². The van der Waals surface area contributed by atoms with Crippen molar-refractivity contribution >= 4 is 18.1 Å². The van der Waals surface area contributed by atoms with Crippen LogP contribution in [0, 0.1) is 11.7 Å². The van der Waals surface area contributed by atoms with Crippen LogP contribution >= 0.6 is 12.2 Å². The molecule has 0 saturated carbocycles. The molecule has 1 aromatic carbocycles. The van der Waals surface area contributed by atoms with Crippen molar-refractivity contribution in [2.45, 2.75) is 40.2 Å². The Morgan fingerprint density at radius 2 is 2.00 bits per heavy atom. The van der Waals surface area contributed by atoms with Crippen molar-refractivity contribution in [3.8, 4) is 11.4 Å². The van der Waals surface area contributed by atoms with Crippen LogP contribution in [-0.4, -0.2) is 38.7 Å². The van der Waals surface area contributed by atoms with Crippen molar-refractivity contribution in [2.24, 2.45) is 0 Å². The van der Waals surface area contributed by atoms with Crippen molar-refractivity contribution < 1.29 is 4.79 Å². The van der Waals surface area contributed by atoms with Gasteiger partial charge in [0.15, 0.2) is 10.6 Å². The molecular formula is C17H24N4OS. The second kappa shape index (κ2) is 8.06. The molecule has 0 atom stereocenters. The van der Waals surface area contributed by atoms with Gasteiger partial charge in [0, 0.05) is 18.7 Å². The molecule has 124 valence electrons. The third-order valence-corrected chi connectivity index (χ3v) is 4.19. The highest BCUT2D eigenvalue weighted by molar-refractivity contribution is 7.71. The number of amides is 1. The van der Waals surface area contributed by atoms with Crippen molar-refractivity contribution in [3.05, 3.63) is 34.6 Å². The smallest absolute Gasteiger partial charge is 0.242 e. The van der Waals surface area contributed by atoms with Crippen LogP contribution in [0.5, 0.6) is 0 Å². The summed E-state index contributed by atoms with van der Waals surface area (Å²) in [4.78, 5) is 14.4. The van der Waals surface area contributed by atoms with Crippen LogP contribution in [0.25, 0.3) is 11.4 Å². The van der Waals surface area contributed by atoms with Crippen molar-refractivity contribution in [1.29, 1.82) is 0 Å². The monoisotopic (exact) mass is 332 g/mol. The number of hydrogen-bond donors (Lipinski definition) is 1. The van der Waals surface area contributed by atoms with Crippen LogP contribution in [0.1, 0.15) is 32.3 Å². The fourth-order valence-electron chi connectivity index (χ4n) is 2.43. The first-order chi connectivity index (χ1) is 11.1. The number of likely N-dealkylation sites (N-methyl/N-ethyl adjacent to an activating group) is 1. The lowest BCUT2D eigenvalue weighted by atomic mass is 10.1. The molecule has 0 radical (unpaired) electrons. The third-order valence-electron chi connectivity index (χ3n) is 3.88. The summed E-state index contributed by atoms with van der Waals surface area (Å²) < 4.78 is 2.25. The molecule has 5 nitrogen and oxygen atoms in total. The van der Waals surface area contributed by atoms with Gasteiger partial charge >= 0.3 is 0 Å². The predicted octanol–water partition coefficient (Wildman–Crippen LogP) is 3.56. The molecule has 0 spiro atoms. The number of H-pyrrole nitrogens is 1. The number of aryl methyl sites for hydroxylation is 1. The molecule has 1 N–H and O–H groups in total. The standard InChI is InChI=1S/C17H24N4OS/c1-4-6-11-20(5-2)15(22)12-21-16(18-19-17(21)23)14-9-7-13(3)8-10-14/h7-10H,4-6,11-12H2,1-3H3,(H,19,23). The van der Waals surface area contributed by atoms with Crippen LogP contribution in [0.15, 0.2) is 24.3 Å². The molecule has 2 rings (SSSR count). The molecule has 6 heteroatoms. The zero-order valence-electron chi connectivity index (χ0n) is 14.0. The zero-order valence-corrected chi connectivity index (χ0v) is 14.8. The number of carbonyl (C=O) groups is 1. The lowest BCUT2D eigenvalue weighted by Crippen LogP contribution is -2.34. The highest BCUT2D eigenvalue weighted by Gasteiger charge is 2.16. The highest BCUT2D eigenvalue weighted by Crippen LogP contribution is 2.18. The van der Waals surface area contributed by atoms with Gasteiger partial charge in [0.1, 0.15) is 6.54 Å². The molecule has 0 unspecified atom stereocenters. The molecule has 0 fully saturated rings. The normalized spacial score (nSPS) is 10.7. The first-order valence-electron chi connectivity index (χ1n) is 8.06. The van der Waals surface area contributed by atoms with E-state index < -0.39 is 0 Å². The van der Waals surface area contributed by atoms with Crippen LogP contribution in [-0.2, 0) is 11.3 Å². The van der Waals surface area contributed by atoms with Gasteiger partial charge in [-0.15, -0.1) is 0 Å². The number of nitrogens with one attached hydrogen (secondary N) is 1. The summed E-state index contributed by atoms with van der Waals surface area (Å²) in [6, 6.07) is 8.05. The minimum absolute atomic E-state index is 0.0758. The van der Waals surface area contributed by atoms with E-state index in [0.29, 0.717) is 17.1 Å². The number of aromatic amines is 1. The predicted molar refractivity (Wildman–Crippen MR) is 94.7 cm³/mol. The fourth-order valence-corrected chi connectivity index (χ4v) is 2.63. The maximum absolute atomic E-state index is 12.6. The summed E-state index contributed by atoms with van der Waals surface area (Å²) in [6.07, 6.45) is 2.09. The first-order valence-corrected chi connectivity index (χ1v) is 8.47. The van der Waals surface area contributed by atoms with E-state index in [2.05, 4.69) is 17.1 Å². The number of carbonyl (C=O) groups excluding carboxylic acids is 1. The Morgan fingerprint density at radius 3 is 2.61 bits per heavy atom. The topological polar surface area (TPSA) is 53.9 Å². The van der Waals surface area contributed by atoms with E-state index in [1.54, 1.807) is 4.57 Å². The number of aromatic nitrogens is 3. The van der Waals surface area contributed by atoms with Crippen molar-refractivity contribution in [1.82, 2.24) is 19.7 Å². The summed E-state index contributed by atoms with van der Waals surface area (Å²) in [5, 5.41) is 7.09.